The van der Waals surface area contributed by atoms with Crippen LogP contribution in [0, 0.1) is 17.8 Å². The summed E-state index contributed by atoms with van der Waals surface area (Å²) in [4.78, 5) is 174. The molecule has 143 heavy (non-hydrogen) atoms. The molecule has 1 atom stereocenters. The second kappa shape index (κ2) is 148. The van der Waals surface area contributed by atoms with Gasteiger partial charge in [-0.25, -0.2) is 4.79 Å². The molecule has 2 aromatic carbocycles. The Hall–Kier alpha value is -9.77. The number of ketones is 5. The topological polar surface area (TPSA) is 455 Å². The van der Waals surface area contributed by atoms with E-state index in [1.165, 1.54) is 157 Å². The molecule has 1 aliphatic heterocycles. The molecule has 1 heterocycles. The Balaban J connectivity index is -0.0000000623. The molecular weight excluding hydrogens is 1850 g/mol. The van der Waals surface area contributed by atoms with Gasteiger partial charge in [0.2, 0.25) is 11.8 Å². The van der Waals surface area contributed by atoms with E-state index in [1.54, 1.807) is 70.9 Å². The molecule has 1 fully saturated rings. The normalized spacial score (nSPS) is 9.48. The minimum Gasteiger partial charge on any atom is -0.469 e. The number of carbonyl (C=O) groups excluding carboxylic acids is 17. The van der Waals surface area contributed by atoms with Gasteiger partial charge in [-0.1, -0.05) is 184 Å². The smallest absolute Gasteiger partial charge is 0.338 e. The number of likely N-dealkylation sites (tertiary alicyclic amines) is 1. The molecule has 2 N–H and O–H groups in total. The molecule has 0 saturated carbocycles. The van der Waals surface area contributed by atoms with Crippen LogP contribution < -0.4 is 5.32 Å². The maximum Gasteiger partial charge on any atom is 0.338 e. The van der Waals surface area contributed by atoms with Crippen molar-refractivity contribution >= 4 is 100 Å². The zero-order valence-corrected chi connectivity index (χ0v) is 99.7. The Morgan fingerprint density at radius 1 is 0.413 bits per heavy atom. The van der Waals surface area contributed by atoms with E-state index in [0.29, 0.717) is 89.5 Å². The van der Waals surface area contributed by atoms with Crippen LogP contribution in [-0.4, -0.2) is 257 Å². The summed E-state index contributed by atoms with van der Waals surface area (Å²) >= 11 is 0. The quantitative estimate of drug-likeness (QED) is 0.0363. The molecule has 3 rings (SSSR count). The van der Waals surface area contributed by atoms with Gasteiger partial charge in [0, 0.05) is 134 Å². The van der Waals surface area contributed by atoms with Crippen LogP contribution in [0.1, 0.15) is 401 Å². The first-order valence-electron chi connectivity index (χ1n) is 49.2. The van der Waals surface area contributed by atoms with Crippen molar-refractivity contribution < 1.29 is 153 Å². The Kier molecular flexibility index (Phi) is 187. The highest BCUT2D eigenvalue weighted by molar-refractivity contribution is 6.05. The number of methoxy groups -OCH3 is 5. The summed E-state index contributed by atoms with van der Waals surface area (Å²) in [6.07, 6.45) is 11.8. The van der Waals surface area contributed by atoms with Gasteiger partial charge in [0.25, 0.3) is 0 Å². The molecule has 0 spiro atoms. The summed E-state index contributed by atoms with van der Waals surface area (Å²) in [6.45, 7) is 86.4. The summed E-state index contributed by atoms with van der Waals surface area (Å²) in [5, 5.41) is 10.9. The van der Waals surface area contributed by atoms with Gasteiger partial charge in [0.15, 0.2) is 5.78 Å². The molecule has 0 aliphatic carbocycles. The number of carbonyl (C=O) groups is 17. The zero-order valence-electron chi connectivity index (χ0n) is 99.7. The van der Waals surface area contributed by atoms with E-state index in [1.807, 2.05) is 150 Å². The lowest BCUT2D eigenvalue weighted by Gasteiger charge is -2.17. The van der Waals surface area contributed by atoms with Crippen LogP contribution in [0.3, 0.4) is 0 Å². The van der Waals surface area contributed by atoms with Crippen LogP contribution in [0.5, 0.6) is 0 Å². The maximum atomic E-state index is 11.2. The molecule has 852 valence electrons. The van der Waals surface area contributed by atoms with Crippen LogP contribution in [0.2, 0.25) is 0 Å². The van der Waals surface area contributed by atoms with Crippen molar-refractivity contribution in [3.63, 3.8) is 0 Å². The molecule has 1 aliphatic rings. The monoisotopic (exact) mass is 2060 g/mol. The molecule has 2 aromatic rings. The van der Waals surface area contributed by atoms with E-state index >= 15 is 0 Å². The number of aliphatic hydroxyl groups excluding tert-OH is 1. The summed E-state index contributed by atoms with van der Waals surface area (Å²) in [5.74, 6) is -1.39. The van der Waals surface area contributed by atoms with Gasteiger partial charge in [-0.3, -0.25) is 57.5 Å². The molecule has 1 unspecified atom stereocenters. The minimum absolute atomic E-state index is 0.0394. The van der Waals surface area contributed by atoms with Gasteiger partial charge in [0.1, 0.15) is 41.9 Å². The van der Waals surface area contributed by atoms with E-state index in [0.717, 1.165) is 71.2 Å². The zero-order chi connectivity index (χ0) is 118. The van der Waals surface area contributed by atoms with Gasteiger partial charge >= 0.3 is 59.7 Å². The standard InChI is InChI=1S/C10H10O3.C8H16O4.C8H16O2.C7H14O3.C7H14O.C7H8.2C6H12O2.C5H9NO.C5H10O.C4H9NO.2C4H8O2.C4H10O.2C3H6O2.C3H8O.2C3H6O.C3H8.3C2H6/c1-7(11)8-5-3-4-6-9(8)10(12)13-2;1-3-10-4-5-11-6-7-12-8(2)9;1-3-4-5-6-7-10-8(2)9;1-3-4-9-5-6-10-7(2)8;1-6(8)5-7(2,3)4;1-7-5-3-2-4-6-7;1-6(2,3)5(7)8-4;1-5(7)8-6(2,3)4;1-6-4-2-3-5(6)7;1-3-4-5(2)6;1-3-5-4(2)6;2*1-3-6-4(2)5;1-3-4(2)5;2*1-3(4)5-2;1-3-4-2;2*1-3(2)4;1-3-2;3*1-2/h3-6H,1-2H3;3-7H2,1-2H3;3-7H2,1-2H3;3-6H2,1-2H3;5H2,1-4H3;2-6H,1H3;2*1-4H3;2-4H2,1H3;3-4H2,1-2H3;3H2,1-2H3,(H,5,6);2*3H2,1-2H3;4-5H,3H2,1-2H3;2*1-2H3;3H2,1-2H3;2*1-2H3;3H2,1-2H3;3*1-2H3. The minimum atomic E-state index is -0.481. The number of nitrogens with one attached hydrogen (secondary N) is 1. The van der Waals surface area contributed by atoms with Gasteiger partial charge < -0.3 is 101 Å². The lowest BCUT2D eigenvalue weighted by Crippen LogP contribution is -2.21. The number of Topliss-reactive ketones (excluding diaryl/α,β-unsaturated/α-hetero) is 5. The Morgan fingerprint density at radius 2 is 0.755 bits per heavy atom. The number of aliphatic hydroxyl groups is 1. The van der Waals surface area contributed by atoms with Crippen LogP contribution in [0.25, 0.3) is 0 Å². The number of unbranched alkanes of at least 4 members (excludes halogenated alkanes) is 3. The average molecular weight is 2060 g/mol. The number of hydrogen-bond acceptors (Lipinski definition) is 32. The lowest BCUT2D eigenvalue weighted by molar-refractivity contribution is -0.152. The van der Waals surface area contributed by atoms with Crippen LogP contribution in [0.4, 0.5) is 0 Å². The third kappa shape index (κ3) is 282. The Bertz CT molecular complexity index is 3030. The van der Waals surface area contributed by atoms with Crippen LogP contribution in [-0.2, 0) is 138 Å². The van der Waals surface area contributed by atoms with E-state index < -0.39 is 5.97 Å². The van der Waals surface area contributed by atoms with Crippen LogP contribution in [0.15, 0.2) is 54.6 Å². The Labute approximate surface area is 869 Å². The molecule has 34 nitrogen and oxygen atoms in total. The molecule has 0 aromatic heterocycles. The first kappa shape index (κ1) is 182. The first-order valence-corrected chi connectivity index (χ1v) is 49.2. The molecular formula is C109H214N2O32. The molecule has 1 saturated heterocycles. The second-order valence-corrected chi connectivity index (χ2v) is 31.7. The van der Waals surface area contributed by atoms with E-state index in [2.05, 4.69) is 109 Å². The third-order valence-corrected chi connectivity index (χ3v) is 12.5. The molecule has 34 heteroatoms. The van der Waals surface area contributed by atoms with Crippen molar-refractivity contribution in [3.05, 3.63) is 71.3 Å². The van der Waals surface area contributed by atoms with E-state index in [4.69, 9.17) is 28.8 Å². The number of nitrogens with zero attached hydrogens (tertiary/aromatic N) is 1. The highest BCUT2D eigenvalue weighted by Gasteiger charge is 2.21. The average Bonchev–Trinajstić information content (AvgIpc) is 1.30. The van der Waals surface area contributed by atoms with Gasteiger partial charge in [-0.2, -0.15) is 0 Å². The fraction of sp³-hybridized carbons (Fsp3) is 0.734. The number of ether oxygens (including phenoxy) is 14. The highest BCUT2D eigenvalue weighted by Crippen LogP contribution is 2.18. The lowest BCUT2D eigenvalue weighted by atomic mass is 9.91. The molecule has 0 radical (unpaired) electrons. The fourth-order valence-corrected chi connectivity index (χ4v) is 6.73. The van der Waals surface area contributed by atoms with Crippen molar-refractivity contribution in [2.75, 3.05) is 135 Å². The van der Waals surface area contributed by atoms with Crippen LogP contribution >= 0.6 is 0 Å². The largest absolute Gasteiger partial charge is 0.469 e. The molecule has 2 amide bonds. The predicted octanol–water partition coefficient (Wildman–Crippen LogP) is 22.3. The number of aryl methyl sites for hydroxylation is 1. The van der Waals surface area contributed by atoms with Gasteiger partial charge in [-0.05, 0) is 182 Å². The second-order valence-electron chi connectivity index (χ2n) is 31.7. The summed E-state index contributed by atoms with van der Waals surface area (Å²) < 4.78 is 64.6. The first-order chi connectivity index (χ1) is 66.2. The number of benzene rings is 2. The summed E-state index contributed by atoms with van der Waals surface area (Å²) in [6, 6.07) is 16.8. The number of hydrogen-bond donors (Lipinski definition) is 2. The van der Waals surface area contributed by atoms with Gasteiger partial charge in [0.05, 0.1) is 91.8 Å². The van der Waals surface area contributed by atoms with E-state index in [9.17, 15) is 81.5 Å². The van der Waals surface area contributed by atoms with E-state index in [-0.39, 0.29) is 111 Å². The fourth-order valence-electron chi connectivity index (χ4n) is 6.73. The van der Waals surface area contributed by atoms with Crippen molar-refractivity contribution in [1.82, 2.24) is 10.2 Å². The SMILES string of the molecule is CC.CC.CC.CC(=O)CC(C)(C)C.CC(=O)OC(C)(C)C.CC(C)=O.CC(C)=O.CCC.CCC(C)O.CCCC(C)=O.CCCCCCOC(C)=O.CCCOCCOC(C)=O.CCNC(C)=O.CCOC.CCOC(C)=O.CCOC(C)=O.CCOCCOCCOC(C)=O.CN1CCCC1=O.COC(=O)C(C)(C)C.COC(=O)c1ccccc1C(C)=O.COC(C)=O.COC(C)=O.Cc1ccccc1. The van der Waals surface area contributed by atoms with Crippen molar-refractivity contribution in [1.29, 1.82) is 0 Å². The Morgan fingerprint density at radius 3 is 0.916 bits per heavy atom. The number of rotatable bonds is 27. The maximum absolute atomic E-state index is 11.2. The predicted molar refractivity (Wildman–Crippen MR) is 578 cm³/mol. The summed E-state index contributed by atoms with van der Waals surface area (Å²) in [5.41, 5.74) is 1.53. The highest BCUT2D eigenvalue weighted by atomic mass is 16.6. The van der Waals surface area contributed by atoms with Crippen molar-refractivity contribution in [2.24, 2.45) is 10.8 Å². The molecule has 0 bridgehead atoms. The third-order valence-electron chi connectivity index (χ3n) is 12.5. The number of esters is 10. The van der Waals surface area contributed by atoms with Crippen molar-refractivity contribution in [2.45, 2.75) is 393 Å². The summed E-state index contributed by atoms with van der Waals surface area (Å²) in [7, 11) is 8.91. The van der Waals surface area contributed by atoms with Gasteiger partial charge in [-0.15, -0.1) is 0 Å². The number of amides is 2. The van der Waals surface area contributed by atoms with Crippen molar-refractivity contribution in [3.8, 4) is 0 Å².